The Morgan fingerprint density at radius 2 is 1.95 bits per heavy atom. The molecule has 5 nitrogen and oxygen atoms in total. The van der Waals surface area contributed by atoms with Crippen molar-refractivity contribution in [2.45, 2.75) is 64.0 Å². The van der Waals surface area contributed by atoms with Gasteiger partial charge in [0, 0.05) is 25.6 Å². The molecule has 0 bridgehead atoms. The van der Waals surface area contributed by atoms with Crippen molar-refractivity contribution in [1.82, 2.24) is 9.80 Å². The molecule has 5 heteroatoms. The van der Waals surface area contributed by atoms with E-state index in [2.05, 4.69) is 0 Å². The van der Waals surface area contributed by atoms with E-state index < -0.39 is 0 Å². The largest absolute Gasteiger partial charge is 0.377 e. The lowest BCUT2D eigenvalue weighted by Crippen LogP contribution is -2.57. The van der Waals surface area contributed by atoms with Gasteiger partial charge in [-0.15, -0.1) is 0 Å². The summed E-state index contributed by atoms with van der Waals surface area (Å²) in [6.45, 7) is 6.52. The number of carbonyl (C=O) groups is 2. The van der Waals surface area contributed by atoms with Crippen LogP contribution in [0.5, 0.6) is 0 Å². The highest BCUT2D eigenvalue weighted by atomic mass is 16.5. The molecule has 3 rings (SSSR count). The summed E-state index contributed by atoms with van der Waals surface area (Å²) in [6, 6.07) is 0.372. The van der Waals surface area contributed by atoms with Crippen molar-refractivity contribution >= 4 is 11.8 Å². The molecule has 0 radical (unpaired) electrons. The lowest BCUT2D eigenvalue weighted by molar-refractivity contribution is -0.150. The van der Waals surface area contributed by atoms with Crippen LogP contribution in [0.2, 0.25) is 0 Å². The van der Waals surface area contributed by atoms with Crippen LogP contribution in [0.3, 0.4) is 0 Å². The van der Waals surface area contributed by atoms with E-state index in [1.807, 2.05) is 23.6 Å². The first-order chi connectivity index (χ1) is 10.5. The fraction of sp³-hybridized carbons (Fsp3) is 0.882. The van der Waals surface area contributed by atoms with Gasteiger partial charge in [0.05, 0.1) is 24.7 Å². The molecule has 2 aliphatic heterocycles. The van der Waals surface area contributed by atoms with E-state index in [0.717, 1.165) is 12.8 Å². The van der Waals surface area contributed by atoms with Gasteiger partial charge in [-0.1, -0.05) is 19.3 Å². The van der Waals surface area contributed by atoms with Crippen LogP contribution in [0.1, 0.15) is 52.4 Å². The standard InChI is InChI=1S/C17H28N2O3/c1-17(2)12-22-9-8-19(17)16(21)13-10-15(20)18(11-13)14-6-4-3-5-7-14/h13-14H,3-12H2,1-2H3. The van der Waals surface area contributed by atoms with E-state index in [1.165, 1.54) is 19.3 Å². The molecule has 2 amide bonds. The maximum Gasteiger partial charge on any atom is 0.228 e. The summed E-state index contributed by atoms with van der Waals surface area (Å²) in [4.78, 5) is 29.2. The number of morpholine rings is 1. The van der Waals surface area contributed by atoms with E-state index in [9.17, 15) is 9.59 Å². The SMILES string of the molecule is CC1(C)COCCN1C(=O)C1CC(=O)N(C2CCCCC2)C1. The second-order valence-corrected chi connectivity index (χ2v) is 7.59. The van der Waals surface area contributed by atoms with Gasteiger partial charge in [0.15, 0.2) is 0 Å². The first-order valence-electron chi connectivity index (χ1n) is 8.68. The fourth-order valence-corrected chi connectivity index (χ4v) is 4.13. The first kappa shape index (κ1) is 15.8. The molecule has 2 saturated heterocycles. The van der Waals surface area contributed by atoms with Crippen LogP contribution in [0.4, 0.5) is 0 Å². The van der Waals surface area contributed by atoms with Gasteiger partial charge >= 0.3 is 0 Å². The average molecular weight is 308 g/mol. The quantitative estimate of drug-likeness (QED) is 0.781. The minimum absolute atomic E-state index is 0.139. The highest BCUT2D eigenvalue weighted by Gasteiger charge is 2.43. The molecule has 0 spiro atoms. The molecule has 1 saturated carbocycles. The minimum Gasteiger partial charge on any atom is -0.377 e. The number of rotatable bonds is 2. The molecule has 0 aromatic heterocycles. The average Bonchev–Trinajstić information content (AvgIpc) is 2.89. The zero-order chi connectivity index (χ0) is 15.7. The highest BCUT2D eigenvalue weighted by molar-refractivity contribution is 5.89. The van der Waals surface area contributed by atoms with Crippen LogP contribution in [0.15, 0.2) is 0 Å². The third-order valence-corrected chi connectivity index (χ3v) is 5.43. The summed E-state index contributed by atoms with van der Waals surface area (Å²) < 4.78 is 5.49. The van der Waals surface area contributed by atoms with Crippen molar-refractivity contribution in [3.63, 3.8) is 0 Å². The number of likely N-dealkylation sites (tertiary alicyclic amines) is 1. The lowest BCUT2D eigenvalue weighted by Gasteiger charge is -2.43. The second kappa shape index (κ2) is 6.19. The van der Waals surface area contributed by atoms with Gasteiger partial charge in [0.1, 0.15) is 0 Å². The van der Waals surface area contributed by atoms with Crippen molar-refractivity contribution in [1.29, 1.82) is 0 Å². The van der Waals surface area contributed by atoms with Crippen LogP contribution >= 0.6 is 0 Å². The van der Waals surface area contributed by atoms with E-state index in [0.29, 0.717) is 38.8 Å². The molecular formula is C17H28N2O3. The summed E-state index contributed by atoms with van der Waals surface area (Å²) >= 11 is 0. The fourth-order valence-electron chi connectivity index (χ4n) is 4.13. The van der Waals surface area contributed by atoms with Gasteiger partial charge in [0.25, 0.3) is 0 Å². The van der Waals surface area contributed by atoms with E-state index in [4.69, 9.17) is 4.74 Å². The zero-order valence-corrected chi connectivity index (χ0v) is 13.8. The summed E-state index contributed by atoms with van der Waals surface area (Å²) in [6.07, 6.45) is 6.31. The van der Waals surface area contributed by atoms with Crippen molar-refractivity contribution < 1.29 is 14.3 Å². The topological polar surface area (TPSA) is 49.9 Å². The molecule has 3 fully saturated rings. The smallest absolute Gasteiger partial charge is 0.228 e. The van der Waals surface area contributed by atoms with Gasteiger partial charge in [0.2, 0.25) is 11.8 Å². The Kier molecular flexibility index (Phi) is 4.44. The monoisotopic (exact) mass is 308 g/mol. The second-order valence-electron chi connectivity index (χ2n) is 7.59. The highest BCUT2D eigenvalue weighted by Crippen LogP contribution is 2.31. The molecule has 124 valence electrons. The van der Waals surface area contributed by atoms with Gasteiger partial charge in [-0.25, -0.2) is 0 Å². The third kappa shape index (κ3) is 3.00. The molecule has 0 N–H and O–H groups in total. The summed E-state index contributed by atoms with van der Waals surface area (Å²) in [5, 5.41) is 0. The Balaban J connectivity index is 1.65. The molecule has 0 aromatic rings. The van der Waals surface area contributed by atoms with Gasteiger partial charge < -0.3 is 14.5 Å². The molecule has 1 unspecified atom stereocenters. The van der Waals surface area contributed by atoms with Crippen LogP contribution < -0.4 is 0 Å². The predicted molar refractivity (Wildman–Crippen MR) is 83.3 cm³/mol. The summed E-state index contributed by atoms with van der Waals surface area (Å²) in [7, 11) is 0. The molecular weight excluding hydrogens is 280 g/mol. The summed E-state index contributed by atoms with van der Waals surface area (Å²) in [5.74, 6) is 0.156. The predicted octanol–water partition coefficient (Wildman–Crippen LogP) is 1.80. The third-order valence-electron chi connectivity index (χ3n) is 5.43. The molecule has 22 heavy (non-hydrogen) atoms. The Bertz CT molecular complexity index is 443. The van der Waals surface area contributed by atoms with Crippen LogP contribution in [-0.4, -0.2) is 59.5 Å². The normalized spacial score (nSPS) is 29.9. The zero-order valence-electron chi connectivity index (χ0n) is 13.8. The number of amides is 2. The maximum atomic E-state index is 12.9. The van der Waals surface area contributed by atoms with Crippen molar-refractivity contribution in [3.05, 3.63) is 0 Å². The van der Waals surface area contributed by atoms with Crippen molar-refractivity contribution in [3.8, 4) is 0 Å². The summed E-state index contributed by atoms with van der Waals surface area (Å²) in [5.41, 5.74) is -0.267. The molecule has 1 atom stereocenters. The molecule has 1 aliphatic carbocycles. The van der Waals surface area contributed by atoms with Crippen molar-refractivity contribution in [2.24, 2.45) is 5.92 Å². The Labute approximate surface area is 133 Å². The Morgan fingerprint density at radius 1 is 1.23 bits per heavy atom. The number of hydrogen-bond acceptors (Lipinski definition) is 3. The Morgan fingerprint density at radius 3 is 2.64 bits per heavy atom. The van der Waals surface area contributed by atoms with E-state index in [-0.39, 0.29) is 23.3 Å². The molecule has 0 aromatic carbocycles. The van der Waals surface area contributed by atoms with E-state index in [1.54, 1.807) is 0 Å². The maximum absolute atomic E-state index is 12.9. The van der Waals surface area contributed by atoms with Crippen LogP contribution in [0.25, 0.3) is 0 Å². The first-order valence-corrected chi connectivity index (χ1v) is 8.68. The van der Waals surface area contributed by atoms with Crippen LogP contribution in [-0.2, 0) is 14.3 Å². The number of hydrogen-bond donors (Lipinski definition) is 0. The molecule has 3 aliphatic rings. The van der Waals surface area contributed by atoms with Gasteiger partial charge in [-0.3, -0.25) is 9.59 Å². The van der Waals surface area contributed by atoms with Crippen molar-refractivity contribution in [2.75, 3.05) is 26.3 Å². The Hall–Kier alpha value is -1.10. The lowest BCUT2D eigenvalue weighted by atomic mass is 9.94. The number of nitrogens with zero attached hydrogens (tertiary/aromatic N) is 2. The molecule has 2 heterocycles. The van der Waals surface area contributed by atoms with Crippen LogP contribution in [0, 0.1) is 5.92 Å². The van der Waals surface area contributed by atoms with E-state index >= 15 is 0 Å². The van der Waals surface area contributed by atoms with Gasteiger partial charge in [-0.05, 0) is 26.7 Å². The number of ether oxygens (including phenoxy) is 1. The van der Waals surface area contributed by atoms with Gasteiger partial charge in [-0.2, -0.15) is 0 Å². The minimum atomic E-state index is -0.267. The number of carbonyl (C=O) groups excluding carboxylic acids is 2.